The van der Waals surface area contributed by atoms with Gasteiger partial charge in [0.15, 0.2) is 5.69 Å². The van der Waals surface area contributed by atoms with Gasteiger partial charge in [-0.1, -0.05) is 52.0 Å². The molecule has 62 heavy (non-hydrogen) atoms. The zero-order valence-electron chi connectivity index (χ0n) is 36.9. The fourth-order valence-electron chi connectivity index (χ4n) is 6.00. The number of benzene rings is 4. The SMILES string of the molecule is CCN(CC)Cc1ccc(CC(C)(C)C(=O)O)cc1F.N#Cc1ccc(N)cc1C(F)(F)F.[C-]#[N+]c1ccc(NC(=O)C(C)(C)Nc2ccc(CN(CC)CC)c(F)c2)cc1C. The summed E-state index contributed by atoms with van der Waals surface area (Å²) >= 11 is 0. The van der Waals surface area contributed by atoms with E-state index in [0.717, 1.165) is 49.4 Å². The van der Waals surface area contributed by atoms with Gasteiger partial charge in [-0.2, -0.15) is 18.4 Å². The number of carboxylic acid groups (broad SMARTS) is 1. The number of anilines is 3. The highest BCUT2D eigenvalue weighted by molar-refractivity contribution is 5.99. The topological polar surface area (TPSA) is 139 Å². The molecule has 0 spiro atoms. The lowest BCUT2D eigenvalue weighted by Crippen LogP contribution is -2.44. The van der Waals surface area contributed by atoms with Crippen LogP contribution in [0.4, 0.5) is 44.7 Å². The number of carbonyl (C=O) groups is 2. The zero-order chi connectivity index (χ0) is 47.0. The van der Waals surface area contributed by atoms with Gasteiger partial charge in [0, 0.05) is 41.3 Å². The van der Waals surface area contributed by atoms with Crippen molar-refractivity contribution in [3.63, 3.8) is 0 Å². The number of carboxylic acids is 1. The minimum atomic E-state index is -4.53. The number of carbonyl (C=O) groups excluding carboxylic acids is 1. The van der Waals surface area contributed by atoms with Gasteiger partial charge in [-0.15, -0.1) is 0 Å². The van der Waals surface area contributed by atoms with Crippen LogP contribution in [0.15, 0.2) is 72.8 Å². The second-order valence-corrected chi connectivity index (χ2v) is 15.8. The first-order chi connectivity index (χ1) is 28.9. The van der Waals surface area contributed by atoms with E-state index in [1.807, 2.05) is 26.8 Å². The molecule has 0 bridgehead atoms. The molecule has 4 aromatic carbocycles. The number of halogens is 5. The number of aliphatic carboxylic acids is 1. The van der Waals surface area contributed by atoms with Crippen molar-refractivity contribution in [2.75, 3.05) is 42.5 Å². The van der Waals surface area contributed by atoms with Gasteiger partial charge in [-0.05, 0) is 127 Å². The molecule has 0 aliphatic rings. The van der Waals surface area contributed by atoms with Gasteiger partial charge in [0.2, 0.25) is 5.91 Å². The fraction of sp³-hybridized carbons (Fsp3) is 0.404. The first-order valence-electron chi connectivity index (χ1n) is 20.1. The van der Waals surface area contributed by atoms with Gasteiger partial charge in [-0.25, -0.2) is 13.6 Å². The Kier molecular flexibility index (Phi) is 19.5. The molecule has 0 saturated carbocycles. The smallest absolute Gasteiger partial charge is 0.417 e. The molecule has 0 fully saturated rings. The van der Waals surface area contributed by atoms with Crippen LogP contribution < -0.4 is 16.4 Å². The second kappa shape index (κ2) is 23.3. The molecule has 4 aromatic rings. The maximum atomic E-state index is 14.5. The number of nitrogens with zero attached hydrogens (tertiary/aromatic N) is 4. The van der Waals surface area contributed by atoms with E-state index in [1.165, 1.54) is 24.3 Å². The van der Waals surface area contributed by atoms with Crippen molar-refractivity contribution < 1.29 is 36.6 Å². The molecule has 15 heteroatoms. The number of hydrogen-bond acceptors (Lipinski definition) is 7. The third-order valence-electron chi connectivity index (χ3n) is 10.0. The summed E-state index contributed by atoms with van der Waals surface area (Å²) in [6, 6.07) is 19.7. The number of rotatable bonds is 15. The molecule has 0 saturated heterocycles. The molecule has 0 radical (unpaired) electrons. The molecule has 1 amide bonds. The summed E-state index contributed by atoms with van der Waals surface area (Å²) in [5.41, 5.74) is 6.45. The minimum Gasteiger partial charge on any atom is -0.481 e. The highest BCUT2D eigenvalue weighted by Gasteiger charge is 2.34. The number of hydrogen-bond donors (Lipinski definition) is 4. The second-order valence-electron chi connectivity index (χ2n) is 15.8. The van der Waals surface area contributed by atoms with E-state index in [9.17, 15) is 31.5 Å². The number of amides is 1. The van der Waals surface area contributed by atoms with E-state index in [0.29, 0.717) is 47.7 Å². The van der Waals surface area contributed by atoms with Crippen LogP contribution in [-0.4, -0.2) is 58.5 Å². The Balaban J connectivity index is 0.000000347. The Morgan fingerprint density at radius 2 is 1.34 bits per heavy atom. The Hall–Kier alpha value is -6.03. The van der Waals surface area contributed by atoms with Gasteiger partial charge < -0.3 is 21.5 Å². The van der Waals surface area contributed by atoms with Crippen molar-refractivity contribution in [3.8, 4) is 6.07 Å². The maximum Gasteiger partial charge on any atom is 0.417 e. The molecule has 0 aliphatic heterocycles. The third kappa shape index (κ3) is 15.8. The third-order valence-corrected chi connectivity index (χ3v) is 10.0. The molecule has 4 rings (SSSR count). The predicted molar refractivity (Wildman–Crippen MR) is 236 cm³/mol. The van der Waals surface area contributed by atoms with E-state index < -0.39 is 34.2 Å². The number of nitrogens with two attached hydrogens (primary N) is 1. The van der Waals surface area contributed by atoms with Gasteiger partial charge in [-0.3, -0.25) is 19.4 Å². The van der Waals surface area contributed by atoms with Crippen LogP contribution in [-0.2, 0) is 35.3 Å². The number of aryl methyl sites for hydroxylation is 1. The van der Waals surface area contributed by atoms with Crippen LogP contribution in [0.2, 0.25) is 0 Å². The summed E-state index contributed by atoms with van der Waals surface area (Å²) in [5.74, 6) is -1.66. The lowest BCUT2D eigenvalue weighted by molar-refractivity contribution is -0.146. The number of alkyl halides is 3. The van der Waals surface area contributed by atoms with Crippen molar-refractivity contribution >= 4 is 34.6 Å². The average molecular weight is 864 g/mol. The van der Waals surface area contributed by atoms with E-state index in [2.05, 4.69) is 39.1 Å². The van der Waals surface area contributed by atoms with Gasteiger partial charge in [0.1, 0.15) is 17.2 Å². The lowest BCUT2D eigenvalue weighted by atomic mass is 9.85. The summed E-state index contributed by atoms with van der Waals surface area (Å²) in [7, 11) is 0. The summed E-state index contributed by atoms with van der Waals surface area (Å²) in [5, 5.41) is 23.5. The summed E-state index contributed by atoms with van der Waals surface area (Å²) in [6.45, 7) is 28.5. The molecular formula is C47H58F5N7O3. The standard InChI is InChI=1S/C23H29FN4O.C16H24FNO2.C8H5F3N2/c1-7-28(8-2)15-17-9-10-19(14-20(17)24)27-23(4,5)22(29)26-18-11-12-21(25-6)16(3)13-18;1-5-18(6-2)11-13-8-7-12(9-14(13)17)10-16(3,4)15(19)20;9-8(10,11)7-3-6(13)2-1-5(7)4-12/h9-14,27H,7-8,15H2,1-5H3,(H,26,29);7-9H,5-6,10-11H2,1-4H3,(H,19,20);1-3H,13H2. The predicted octanol–water partition coefficient (Wildman–Crippen LogP) is 10.8. The molecule has 0 aliphatic carbocycles. The highest BCUT2D eigenvalue weighted by atomic mass is 19.4. The van der Waals surface area contributed by atoms with Gasteiger partial charge >= 0.3 is 12.1 Å². The van der Waals surface area contributed by atoms with Crippen molar-refractivity contribution in [1.82, 2.24) is 9.80 Å². The number of nitrogens with one attached hydrogen (secondary N) is 2. The number of nitrogen functional groups attached to an aromatic ring is 1. The van der Waals surface area contributed by atoms with Crippen molar-refractivity contribution in [1.29, 1.82) is 5.26 Å². The Labute approximate surface area is 362 Å². The van der Waals surface area contributed by atoms with E-state index in [4.69, 9.17) is 22.7 Å². The van der Waals surface area contributed by atoms with E-state index in [1.54, 1.807) is 64.1 Å². The molecule has 0 heterocycles. The summed E-state index contributed by atoms with van der Waals surface area (Å²) in [6.07, 6.45) is -4.20. The molecule has 0 aromatic heterocycles. The molecule has 5 N–H and O–H groups in total. The van der Waals surface area contributed by atoms with Crippen LogP contribution in [0.25, 0.3) is 4.85 Å². The molecule has 0 atom stereocenters. The Morgan fingerprint density at radius 1 is 0.806 bits per heavy atom. The van der Waals surface area contributed by atoms with Crippen LogP contribution >= 0.6 is 0 Å². The van der Waals surface area contributed by atoms with Crippen LogP contribution in [0.3, 0.4) is 0 Å². The van der Waals surface area contributed by atoms with Crippen LogP contribution in [0.1, 0.15) is 88.8 Å². The largest absolute Gasteiger partial charge is 0.481 e. The zero-order valence-corrected chi connectivity index (χ0v) is 36.9. The van der Waals surface area contributed by atoms with Gasteiger partial charge in [0.25, 0.3) is 0 Å². The first kappa shape index (κ1) is 52.1. The molecule has 0 unspecified atom stereocenters. The fourth-order valence-corrected chi connectivity index (χ4v) is 6.00. The van der Waals surface area contributed by atoms with Crippen molar-refractivity contribution in [3.05, 3.63) is 129 Å². The van der Waals surface area contributed by atoms with Crippen LogP contribution in [0.5, 0.6) is 0 Å². The van der Waals surface area contributed by atoms with Crippen molar-refractivity contribution in [2.45, 2.75) is 93.5 Å². The first-order valence-corrected chi connectivity index (χ1v) is 20.1. The summed E-state index contributed by atoms with van der Waals surface area (Å²) in [4.78, 5) is 31.6. The summed E-state index contributed by atoms with van der Waals surface area (Å²) < 4.78 is 65.2. The van der Waals surface area contributed by atoms with E-state index >= 15 is 0 Å². The highest BCUT2D eigenvalue weighted by Crippen LogP contribution is 2.33. The van der Waals surface area contributed by atoms with Gasteiger partial charge in [0.05, 0.1) is 29.2 Å². The number of nitriles is 1. The maximum absolute atomic E-state index is 14.5. The lowest BCUT2D eigenvalue weighted by Gasteiger charge is -2.27. The molecule has 10 nitrogen and oxygen atoms in total. The van der Waals surface area contributed by atoms with Crippen LogP contribution in [0, 0.1) is 41.9 Å². The minimum absolute atomic E-state index is 0.00803. The Bertz CT molecular complexity index is 2220. The van der Waals surface area contributed by atoms with Crippen molar-refractivity contribution in [2.24, 2.45) is 5.41 Å². The van der Waals surface area contributed by atoms with E-state index in [-0.39, 0.29) is 23.2 Å². The Morgan fingerprint density at radius 3 is 1.79 bits per heavy atom. The normalized spacial score (nSPS) is 11.4. The quantitative estimate of drug-likeness (QED) is 0.0526. The monoisotopic (exact) mass is 863 g/mol. The average Bonchev–Trinajstić information content (AvgIpc) is 3.20. The molecular weight excluding hydrogens is 806 g/mol. The molecule has 334 valence electrons.